The molecule has 0 aliphatic carbocycles. The predicted molar refractivity (Wildman–Crippen MR) is 81.0 cm³/mol. The first-order chi connectivity index (χ1) is 9.33. The molecule has 112 valence electrons. The second-order valence-electron chi connectivity index (χ2n) is 6.00. The summed E-state index contributed by atoms with van der Waals surface area (Å²) in [6.07, 6.45) is 0.963. The summed E-state index contributed by atoms with van der Waals surface area (Å²) < 4.78 is 5.59. The third-order valence-electron chi connectivity index (χ3n) is 2.89. The summed E-state index contributed by atoms with van der Waals surface area (Å²) in [5, 5.41) is 14.0. The van der Waals surface area contributed by atoms with Gasteiger partial charge in [0.15, 0.2) is 0 Å². The number of hydrogen-bond acceptors (Lipinski definition) is 4. The molecule has 5 heteroatoms. The van der Waals surface area contributed by atoms with E-state index >= 15 is 0 Å². The van der Waals surface area contributed by atoms with Crippen molar-refractivity contribution >= 4 is 11.4 Å². The molecule has 0 aliphatic heterocycles. The normalized spacial score (nSPS) is 11.4. The van der Waals surface area contributed by atoms with Gasteiger partial charge in [-0.25, -0.2) is 0 Å². The van der Waals surface area contributed by atoms with Crippen molar-refractivity contribution in [3.05, 3.63) is 33.9 Å². The minimum Gasteiger partial charge on any atom is -0.380 e. The van der Waals surface area contributed by atoms with Crippen molar-refractivity contribution in [2.75, 3.05) is 18.5 Å². The third-order valence-corrected chi connectivity index (χ3v) is 2.89. The van der Waals surface area contributed by atoms with E-state index in [2.05, 4.69) is 26.1 Å². The number of hydrogen-bond donors (Lipinski definition) is 1. The number of nitro groups is 1. The molecule has 0 radical (unpaired) electrons. The highest BCUT2D eigenvalue weighted by atomic mass is 16.6. The molecule has 1 rings (SSSR count). The van der Waals surface area contributed by atoms with Crippen LogP contribution in [0.25, 0.3) is 0 Å². The van der Waals surface area contributed by atoms with Gasteiger partial charge in [-0.2, -0.15) is 0 Å². The average Bonchev–Trinajstić information content (AvgIpc) is 2.35. The van der Waals surface area contributed by atoms with Crippen LogP contribution in [0.1, 0.15) is 39.7 Å². The highest BCUT2D eigenvalue weighted by molar-refractivity contribution is 5.62. The Bertz CT molecular complexity index is 453. The van der Waals surface area contributed by atoms with Crippen molar-refractivity contribution in [3.8, 4) is 0 Å². The van der Waals surface area contributed by atoms with Gasteiger partial charge >= 0.3 is 0 Å². The SMILES string of the molecule is CCNc1ccc(COCCC(C)(C)C)cc1[N+](=O)[O-]. The Morgan fingerprint density at radius 2 is 2.05 bits per heavy atom. The lowest BCUT2D eigenvalue weighted by Gasteiger charge is -2.17. The quantitative estimate of drug-likeness (QED) is 0.466. The molecular formula is C15H24N2O3. The number of nitrogens with zero attached hydrogens (tertiary/aromatic N) is 1. The van der Waals surface area contributed by atoms with Gasteiger partial charge in [0, 0.05) is 19.2 Å². The molecule has 20 heavy (non-hydrogen) atoms. The Balaban J connectivity index is 2.63. The average molecular weight is 280 g/mol. The van der Waals surface area contributed by atoms with Gasteiger partial charge in [0.1, 0.15) is 5.69 Å². The first kappa shape index (κ1) is 16.4. The van der Waals surface area contributed by atoms with Crippen LogP contribution in [0.15, 0.2) is 18.2 Å². The fourth-order valence-electron chi connectivity index (χ4n) is 1.73. The van der Waals surface area contributed by atoms with Crippen LogP contribution in [0.4, 0.5) is 11.4 Å². The van der Waals surface area contributed by atoms with E-state index in [0.29, 0.717) is 25.4 Å². The maximum Gasteiger partial charge on any atom is 0.292 e. The fourth-order valence-corrected chi connectivity index (χ4v) is 1.73. The van der Waals surface area contributed by atoms with Crippen LogP contribution in [-0.4, -0.2) is 18.1 Å². The Morgan fingerprint density at radius 1 is 1.35 bits per heavy atom. The molecule has 0 amide bonds. The number of anilines is 1. The van der Waals surface area contributed by atoms with Gasteiger partial charge in [-0.05, 0) is 30.4 Å². The number of nitro benzene ring substituents is 1. The van der Waals surface area contributed by atoms with Gasteiger partial charge in [-0.1, -0.05) is 26.8 Å². The standard InChI is InChI=1S/C15H24N2O3/c1-5-16-13-7-6-12(10-14(13)17(18)19)11-20-9-8-15(2,3)4/h6-7,10,16H,5,8-9,11H2,1-4H3. The molecular weight excluding hydrogens is 256 g/mol. The van der Waals surface area contributed by atoms with Crippen molar-refractivity contribution in [2.45, 2.75) is 40.7 Å². The third kappa shape index (κ3) is 5.57. The van der Waals surface area contributed by atoms with Crippen LogP contribution in [0.5, 0.6) is 0 Å². The van der Waals surface area contributed by atoms with E-state index in [0.717, 1.165) is 12.0 Å². The topological polar surface area (TPSA) is 64.4 Å². The summed E-state index contributed by atoms with van der Waals surface area (Å²) >= 11 is 0. The van der Waals surface area contributed by atoms with E-state index in [-0.39, 0.29) is 16.0 Å². The zero-order valence-corrected chi connectivity index (χ0v) is 12.7. The largest absolute Gasteiger partial charge is 0.380 e. The summed E-state index contributed by atoms with van der Waals surface area (Å²) in [5.41, 5.74) is 1.72. The van der Waals surface area contributed by atoms with Crippen LogP contribution in [0, 0.1) is 15.5 Å². The highest BCUT2D eigenvalue weighted by Crippen LogP contribution is 2.26. The van der Waals surface area contributed by atoms with Crippen LogP contribution < -0.4 is 5.32 Å². The van der Waals surface area contributed by atoms with Crippen LogP contribution >= 0.6 is 0 Å². The van der Waals surface area contributed by atoms with Crippen LogP contribution in [0.2, 0.25) is 0 Å². The number of rotatable bonds is 7. The van der Waals surface area contributed by atoms with E-state index in [1.807, 2.05) is 13.0 Å². The minimum absolute atomic E-state index is 0.101. The van der Waals surface area contributed by atoms with E-state index < -0.39 is 0 Å². The molecule has 0 unspecified atom stereocenters. The van der Waals surface area contributed by atoms with E-state index in [1.165, 1.54) is 0 Å². The molecule has 1 aromatic rings. The molecule has 0 spiro atoms. The molecule has 1 aromatic carbocycles. The maximum absolute atomic E-state index is 11.0. The van der Waals surface area contributed by atoms with Crippen molar-refractivity contribution in [1.82, 2.24) is 0 Å². The highest BCUT2D eigenvalue weighted by Gasteiger charge is 2.14. The Labute approximate surface area is 120 Å². The Morgan fingerprint density at radius 3 is 2.60 bits per heavy atom. The summed E-state index contributed by atoms with van der Waals surface area (Å²) in [5.74, 6) is 0. The Kier molecular flexibility index (Phi) is 5.95. The number of nitrogens with one attached hydrogen (secondary N) is 1. The number of ether oxygens (including phenoxy) is 1. The van der Waals surface area contributed by atoms with E-state index in [4.69, 9.17) is 4.74 Å². The summed E-state index contributed by atoms with van der Waals surface area (Å²) in [4.78, 5) is 10.7. The smallest absolute Gasteiger partial charge is 0.292 e. The molecule has 0 aromatic heterocycles. The van der Waals surface area contributed by atoms with Gasteiger partial charge in [0.25, 0.3) is 5.69 Å². The van der Waals surface area contributed by atoms with Crippen molar-refractivity contribution in [2.24, 2.45) is 5.41 Å². The van der Waals surface area contributed by atoms with Gasteiger partial charge < -0.3 is 10.1 Å². The van der Waals surface area contributed by atoms with Crippen LogP contribution in [0.3, 0.4) is 0 Å². The lowest BCUT2D eigenvalue weighted by molar-refractivity contribution is -0.384. The first-order valence-electron chi connectivity index (χ1n) is 6.92. The Hall–Kier alpha value is -1.62. The molecule has 0 aliphatic rings. The predicted octanol–water partition coefficient (Wildman–Crippen LogP) is 3.98. The van der Waals surface area contributed by atoms with Crippen molar-refractivity contribution in [3.63, 3.8) is 0 Å². The van der Waals surface area contributed by atoms with Gasteiger partial charge in [-0.3, -0.25) is 10.1 Å². The second-order valence-corrected chi connectivity index (χ2v) is 6.00. The summed E-state index contributed by atoms with van der Waals surface area (Å²) in [7, 11) is 0. The summed E-state index contributed by atoms with van der Waals surface area (Å²) in [6, 6.07) is 5.18. The molecule has 0 bridgehead atoms. The molecule has 0 saturated carbocycles. The van der Waals surface area contributed by atoms with Gasteiger partial charge in [0.05, 0.1) is 11.5 Å². The summed E-state index contributed by atoms with van der Waals surface area (Å²) in [6.45, 7) is 10.1. The van der Waals surface area contributed by atoms with Crippen molar-refractivity contribution in [1.29, 1.82) is 0 Å². The van der Waals surface area contributed by atoms with Crippen LogP contribution in [-0.2, 0) is 11.3 Å². The van der Waals surface area contributed by atoms with Gasteiger partial charge in [-0.15, -0.1) is 0 Å². The van der Waals surface area contributed by atoms with Crippen molar-refractivity contribution < 1.29 is 9.66 Å². The molecule has 0 fully saturated rings. The fraction of sp³-hybridized carbons (Fsp3) is 0.600. The first-order valence-corrected chi connectivity index (χ1v) is 6.92. The zero-order chi connectivity index (χ0) is 15.2. The van der Waals surface area contributed by atoms with E-state index in [1.54, 1.807) is 12.1 Å². The lowest BCUT2D eigenvalue weighted by atomic mass is 9.93. The molecule has 5 nitrogen and oxygen atoms in total. The van der Waals surface area contributed by atoms with E-state index in [9.17, 15) is 10.1 Å². The molecule has 0 saturated heterocycles. The minimum atomic E-state index is -0.364. The van der Waals surface area contributed by atoms with Gasteiger partial charge in [0.2, 0.25) is 0 Å². The zero-order valence-electron chi connectivity index (χ0n) is 12.7. The number of benzene rings is 1. The maximum atomic E-state index is 11.0. The monoisotopic (exact) mass is 280 g/mol. The lowest BCUT2D eigenvalue weighted by Crippen LogP contribution is -2.09. The molecule has 0 atom stereocenters. The molecule has 1 N–H and O–H groups in total. The second kappa shape index (κ2) is 7.24. The molecule has 0 heterocycles.